The van der Waals surface area contributed by atoms with Gasteiger partial charge < -0.3 is 10.4 Å². The molecule has 1 aromatic carbocycles. The summed E-state index contributed by atoms with van der Waals surface area (Å²) in [5.74, 6) is -0.834. The fourth-order valence-electron chi connectivity index (χ4n) is 2.01. The quantitative estimate of drug-likeness (QED) is 0.774. The van der Waals surface area contributed by atoms with E-state index in [2.05, 4.69) is 5.32 Å². The number of nitrogens with one attached hydrogen (secondary N) is 1. The number of benzene rings is 1. The summed E-state index contributed by atoms with van der Waals surface area (Å²) >= 11 is 5.87. The van der Waals surface area contributed by atoms with Gasteiger partial charge in [-0.25, -0.2) is 0 Å². The van der Waals surface area contributed by atoms with Crippen LogP contribution in [0, 0.1) is 5.41 Å². The molecule has 1 aromatic rings. The molecule has 0 aliphatic carbocycles. The smallest absolute Gasteiger partial charge is 0.303 e. The van der Waals surface area contributed by atoms with Crippen molar-refractivity contribution < 1.29 is 14.7 Å². The lowest BCUT2D eigenvalue weighted by molar-refractivity contribution is -0.137. The predicted molar refractivity (Wildman–Crippen MR) is 83.4 cm³/mol. The maximum Gasteiger partial charge on any atom is 0.303 e. The molecule has 116 valence electrons. The van der Waals surface area contributed by atoms with E-state index < -0.39 is 5.97 Å². The number of carbonyl (C=O) groups is 2. The normalized spacial score (nSPS) is 11.2. The molecule has 0 heterocycles. The van der Waals surface area contributed by atoms with Crippen LogP contribution in [-0.2, 0) is 16.0 Å². The highest BCUT2D eigenvalue weighted by molar-refractivity contribution is 6.30. The van der Waals surface area contributed by atoms with E-state index in [1.807, 2.05) is 26.0 Å². The van der Waals surface area contributed by atoms with E-state index in [0.717, 1.165) is 12.0 Å². The lowest BCUT2D eigenvalue weighted by atomic mass is 9.84. The molecule has 0 saturated heterocycles. The molecule has 1 rings (SSSR count). The van der Waals surface area contributed by atoms with Crippen molar-refractivity contribution >= 4 is 23.5 Å². The van der Waals surface area contributed by atoms with Crippen molar-refractivity contribution in [3.05, 3.63) is 34.9 Å². The second-order valence-corrected chi connectivity index (χ2v) is 6.40. The van der Waals surface area contributed by atoms with Gasteiger partial charge in [0.15, 0.2) is 0 Å². The first-order valence-electron chi connectivity index (χ1n) is 7.01. The number of amides is 1. The van der Waals surface area contributed by atoms with Crippen LogP contribution in [0.2, 0.25) is 5.02 Å². The Labute approximate surface area is 130 Å². The van der Waals surface area contributed by atoms with Gasteiger partial charge in [-0.05, 0) is 36.0 Å². The van der Waals surface area contributed by atoms with Gasteiger partial charge in [0.2, 0.25) is 5.91 Å². The van der Waals surface area contributed by atoms with E-state index in [1.54, 1.807) is 12.1 Å². The fraction of sp³-hybridized carbons (Fsp3) is 0.500. The van der Waals surface area contributed by atoms with E-state index in [4.69, 9.17) is 16.7 Å². The number of hydrogen-bond acceptors (Lipinski definition) is 2. The highest BCUT2D eigenvalue weighted by atomic mass is 35.5. The Bertz CT molecular complexity index is 500. The Kier molecular flexibility index (Phi) is 6.69. The van der Waals surface area contributed by atoms with Crippen LogP contribution in [-0.4, -0.2) is 23.5 Å². The average Bonchev–Trinajstić information content (AvgIpc) is 2.36. The number of hydrogen-bond donors (Lipinski definition) is 2. The molecule has 1 amide bonds. The zero-order valence-corrected chi connectivity index (χ0v) is 13.2. The van der Waals surface area contributed by atoms with Crippen LogP contribution in [0.4, 0.5) is 0 Å². The number of carboxylic acids is 1. The summed E-state index contributed by atoms with van der Waals surface area (Å²) in [5, 5.41) is 12.2. The molecule has 0 radical (unpaired) electrons. The van der Waals surface area contributed by atoms with Crippen LogP contribution < -0.4 is 5.32 Å². The lowest BCUT2D eigenvalue weighted by Gasteiger charge is -2.23. The summed E-state index contributed by atoms with van der Waals surface area (Å²) in [6.45, 7) is 4.57. The Morgan fingerprint density at radius 3 is 2.62 bits per heavy atom. The van der Waals surface area contributed by atoms with E-state index in [9.17, 15) is 9.59 Å². The number of carbonyl (C=O) groups excluding carboxylic acids is 1. The summed E-state index contributed by atoms with van der Waals surface area (Å²) in [7, 11) is 0. The van der Waals surface area contributed by atoms with Crippen LogP contribution in [0.15, 0.2) is 24.3 Å². The Morgan fingerprint density at radius 1 is 1.29 bits per heavy atom. The highest BCUT2D eigenvalue weighted by Crippen LogP contribution is 2.26. The Hall–Kier alpha value is -1.55. The minimum absolute atomic E-state index is 0.0497. The third-order valence-electron chi connectivity index (χ3n) is 3.39. The van der Waals surface area contributed by atoms with E-state index >= 15 is 0 Å². The summed E-state index contributed by atoms with van der Waals surface area (Å²) in [4.78, 5) is 22.4. The van der Waals surface area contributed by atoms with E-state index in [0.29, 0.717) is 24.4 Å². The van der Waals surface area contributed by atoms with Gasteiger partial charge in [-0.15, -0.1) is 0 Å². The van der Waals surface area contributed by atoms with Crippen molar-refractivity contribution in [2.45, 2.75) is 39.5 Å². The number of rotatable bonds is 8. The van der Waals surface area contributed by atoms with Gasteiger partial charge in [0.1, 0.15) is 0 Å². The number of halogens is 1. The molecule has 0 aromatic heterocycles. The van der Waals surface area contributed by atoms with Gasteiger partial charge in [-0.2, -0.15) is 0 Å². The third-order valence-corrected chi connectivity index (χ3v) is 3.63. The number of carboxylic acid groups (broad SMARTS) is 1. The van der Waals surface area contributed by atoms with Crippen LogP contribution in [0.3, 0.4) is 0 Å². The summed E-state index contributed by atoms with van der Waals surface area (Å²) in [5.41, 5.74) is 0.784. The summed E-state index contributed by atoms with van der Waals surface area (Å²) in [6, 6.07) is 7.23. The first-order valence-corrected chi connectivity index (χ1v) is 7.39. The van der Waals surface area contributed by atoms with Gasteiger partial charge in [0.25, 0.3) is 0 Å². The zero-order chi connectivity index (χ0) is 15.9. The second-order valence-electron chi connectivity index (χ2n) is 5.96. The van der Waals surface area contributed by atoms with Gasteiger partial charge in [0.05, 0.1) is 6.42 Å². The average molecular weight is 312 g/mol. The molecule has 0 atom stereocenters. The summed E-state index contributed by atoms with van der Waals surface area (Å²) in [6.07, 6.45) is 1.81. The zero-order valence-electron chi connectivity index (χ0n) is 12.5. The molecule has 4 nitrogen and oxygen atoms in total. The largest absolute Gasteiger partial charge is 0.481 e. The predicted octanol–water partition coefficient (Wildman–Crippen LogP) is 3.28. The van der Waals surface area contributed by atoms with Crippen LogP contribution in [0.25, 0.3) is 0 Å². The molecule has 2 N–H and O–H groups in total. The summed E-state index contributed by atoms with van der Waals surface area (Å²) < 4.78 is 0. The molecule has 0 aliphatic heterocycles. The van der Waals surface area contributed by atoms with Crippen molar-refractivity contribution in [2.24, 2.45) is 5.41 Å². The number of aliphatic carboxylic acids is 1. The van der Waals surface area contributed by atoms with Gasteiger partial charge in [-0.3, -0.25) is 9.59 Å². The SMILES string of the molecule is CC(C)(CCNC(=O)Cc1cccc(Cl)c1)CCC(=O)O. The topological polar surface area (TPSA) is 66.4 Å². The van der Waals surface area contributed by atoms with Gasteiger partial charge >= 0.3 is 5.97 Å². The maximum absolute atomic E-state index is 11.8. The fourth-order valence-corrected chi connectivity index (χ4v) is 2.22. The molecular formula is C16H22ClNO3. The molecular weight excluding hydrogens is 290 g/mol. The van der Waals surface area contributed by atoms with Crippen molar-refractivity contribution in [3.8, 4) is 0 Å². The molecule has 0 bridgehead atoms. The van der Waals surface area contributed by atoms with Crippen molar-refractivity contribution in [1.82, 2.24) is 5.32 Å². The van der Waals surface area contributed by atoms with Gasteiger partial charge in [0, 0.05) is 18.0 Å². The van der Waals surface area contributed by atoms with Crippen molar-refractivity contribution in [1.29, 1.82) is 0 Å². The third kappa shape index (κ3) is 7.71. The van der Waals surface area contributed by atoms with Gasteiger partial charge in [-0.1, -0.05) is 37.6 Å². The Morgan fingerprint density at radius 2 is 2.00 bits per heavy atom. The molecule has 21 heavy (non-hydrogen) atoms. The molecule has 0 saturated carbocycles. The van der Waals surface area contributed by atoms with Crippen molar-refractivity contribution in [3.63, 3.8) is 0 Å². The lowest BCUT2D eigenvalue weighted by Crippen LogP contribution is -2.29. The van der Waals surface area contributed by atoms with Crippen molar-refractivity contribution in [2.75, 3.05) is 6.54 Å². The standard InChI is InChI=1S/C16H22ClNO3/c1-16(2,7-6-15(20)21)8-9-18-14(19)11-12-4-3-5-13(17)10-12/h3-5,10H,6-9,11H2,1-2H3,(H,18,19)(H,20,21). The van der Waals surface area contributed by atoms with Crippen LogP contribution >= 0.6 is 11.6 Å². The molecule has 0 unspecified atom stereocenters. The molecule has 0 aliphatic rings. The molecule has 5 heteroatoms. The van der Waals surface area contributed by atoms with Crippen LogP contribution in [0.1, 0.15) is 38.7 Å². The first-order chi connectivity index (χ1) is 9.78. The molecule has 0 spiro atoms. The second kappa shape index (κ2) is 8.03. The molecule has 0 fully saturated rings. The Balaban J connectivity index is 2.31. The minimum atomic E-state index is -0.784. The maximum atomic E-state index is 11.8. The van der Waals surface area contributed by atoms with E-state index in [-0.39, 0.29) is 17.7 Å². The first kappa shape index (κ1) is 17.5. The monoisotopic (exact) mass is 311 g/mol. The van der Waals surface area contributed by atoms with E-state index in [1.165, 1.54) is 0 Å². The van der Waals surface area contributed by atoms with Crippen LogP contribution in [0.5, 0.6) is 0 Å². The highest BCUT2D eigenvalue weighted by Gasteiger charge is 2.19. The minimum Gasteiger partial charge on any atom is -0.481 e.